The lowest BCUT2D eigenvalue weighted by Crippen LogP contribution is -2.36. The van der Waals surface area contributed by atoms with Crippen molar-refractivity contribution in [2.24, 2.45) is 5.92 Å². The summed E-state index contributed by atoms with van der Waals surface area (Å²) in [5, 5.41) is 12.2. The number of ether oxygens (including phenoxy) is 1. The van der Waals surface area contributed by atoms with Gasteiger partial charge in [-0.2, -0.15) is 0 Å². The molecule has 8 heteroatoms. The molecule has 0 radical (unpaired) electrons. The number of aromatic hydroxyl groups is 1. The molecule has 2 saturated heterocycles. The number of hydroxylamine groups is 1. The highest BCUT2D eigenvalue weighted by atomic mass is 35.5. The summed E-state index contributed by atoms with van der Waals surface area (Å²) in [5.74, 6) is -1.19. The number of hydrogen-bond donors (Lipinski definition) is 1. The summed E-state index contributed by atoms with van der Waals surface area (Å²) in [6.07, 6.45) is -0.957. The van der Waals surface area contributed by atoms with Crippen LogP contribution in [0.3, 0.4) is 0 Å². The van der Waals surface area contributed by atoms with E-state index in [2.05, 4.69) is 0 Å². The van der Waals surface area contributed by atoms with Crippen molar-refractivity contribution in [3.63, 3.8) is 0 Å². The molecule has 168 valence electrons. The Hall–Kier alpha value is -3.55. The molecule has 3 aromatic carbocycles. The molecule has 7 nitrogen and oxygen atoms in total. The van der Waals surface area contributed by atoms with Crippen LogP contribution in [0.4, 0.5) is 5.69 Å². The second kappa shape index (κ2) is 8.42. The van der Waals surface area contributed by atoms with Crippen LogP contribution in [0.2, 0.25) is 5.02 Å². The molecule has 2 aliphatic heterocycles. The Balaban J connectivity index is 1.55. The van der Waals surface area contributed by atoms with Crippen molar-refractivity contribution in [2.75, 3.05) is 12.2 Å². The number of anilines is 1. The first-order valence-corrected chi connectivity index (χ1v) is 10.8. The van der Waals surface area contributed by atoms with Crippen LogP contribution >= 0.6 is 11.6 Å². The molecule has 0 bridgehead atoms. The Morgan fingerprint density at radius 1 is 1.00 bits per heavy atom. The third-order valence-corrected chi connectivity index (χ3v) is 6.27. The summed E-state index contributed by atoms with van der Waals surface area (Å²) in [6, 6.07) is 20.6. The van der Waals surface area contributed by atoms with Crippen molar-refractivity contribution < 1.29 is 24.3 Å². The number of fused-ring (bicyclic) bond motifs is 1. The number of hydrogen-bond acceptors (Lipinski definition) is 6. The van der Waals surface area contributed by atoms with Gasteiger partial charge in [0.1, 0.15) is 5.92 Å². The van der Waals surface area contributed by atoms with Crippen molar-refractivity contribution in [1.82, 2.24) is 4.90 Å². The van der Waals surface area contributed by atoms with Gasteiger partial charge in [0.05, 0.1) is 25.4 Å². The lowest BCUT2D eigenvalue weighted by Gasteiger charge is -2.29. The smallest absolute Gasteiger partial charge is 0.262 e. The Morgan fingerprint density at radius 2 is 1.73 bits per heavy atom. The van der Waals surface area contributed by atoms with Crippen LogP contribution < -0.4 is 9.80 Å². The van der Waals surface area contributed by atoms with Crippen LogP contribution in [0.15, 0.2) is 72.8 Å². The largest absolute Gasteiger partial charge is 0.504 e. The molecule has 0 saturated carbocycles. The zero-order valence-electron chi connectivity index (χ0n) is 17.7. The molecule has 0 spiro atoms. The first-order valence-electron chi connectivity index (χ1n) is 10.5. The summed E-state index contributed by atoms with van der Waals surface area (Å²) >= 11 is 6.05. The lowest BCUT2D eigenvalue weighted by atomic mass is 9.90. The predicted octanol–water partition coefficient (Wildman–Crippen LogP) is 4.10. The van der Waals surface area contributed by atoms with Gasteiger partial charge in [0.15, 0.2) is 17.6 Å². The minimum Gasteiger partial charge on any atom is -0.504 e. The van der Waals surface area contributed by atoms with Gasteiger partial charge in [-0.25, -0.2) is 5.06 Å². The van der Waals surface area contributed by atoms with E-state index in [1.54, 1.807) is 41.5 Å². The van der Waals surface area contributed by atoms with E-state index in [1.807, 2.05) is 30.3 Å². The first-order chi connectivity index (χ1) is 16.0. The van der Waals surface area contributed by atoms with Gasteiger partial charge >= 0.3 is 0 Å². The number of phenolic OH excluding ortho intramolecular Hbond substituents is 1. The Labute approximate surface area is 195 Å². The molecule has 0 unspecified atom stereocenters. The Bertz CT molecular complexity index is 1200. The minimum absolute atomic E-state index is 0.0192. The van der Waals surface area contributed by atoms with Gasteiger partial charge in [0, 0.05) is 5.02 Å². The van der Waals surface area contributed by atoms with Gasteiger partial charge in [-0.05, 0) is 47.5 Å². The molecule has 2 amide bonds. The fraction of sp³-hybridized carbons (Fsp3) is 0.200. The summed E-state index contributed by atoms with van der Waals surface area (Å²) in [4.78, 5) is 34.2. The standard InChI is InChI=1S/C25H21ClN2O5/c1-32-20-13-16(7-12-19(20)29)22-21-23(33-28(22)18-10-8-17(26)9-11-18)25(31)27(24(21)30)14-15-5-3-2-4-6-15/h2-13,21-23,29H,14H2,1H3/t21-,22+,23-/m1/s1. The zero-order chi connectivity index (χ0) is 23.1. The number of benzene rings is 3. The van der Waals surface area contributed by atoms with Crippen molar-refractivity contribution in [3.8, 4) is 11.5 Å². The zero-order valence-corrected chi connectivity index (χ0v) is 18.5. The van der Waals surface area contributed by atoms with Crippen LogP contribution in [-0.4, -0.2) is 35.0 Å². The van der Waals surface area contributed by atoms with Gasteiger partial charge in [-0.3, -0.25) is 19.3 Å². The van der Waals surface area contributed by atoms with Crippen molar-refractivity contribution >= 4 is 29.1 Å². The number of phenols is 1. The number of imide groups is 1. The maximum absolute atomic E-state index is 13.5. The summed E-state index contributed by atoms with van der Waals surface area (Å²) < 4.78 is 5.27. The van der Waals surface area contributed by atoms with E-state index in [1.165, 1.54) is 18.1 Å². The van der Waals surface area contributed by atoms with Crippen molar-refractivity contribution in [3.05, 3.63) is 88.9 Å². The number of carbonyl (C=O) groups excluding carboxylic acids is 2. The van der Waals surface area contributed by atoms with E-state index in [9.17, 15) is 14.7 Å². The SMILES string of the molecule is COc1cc([C@H]2[C@H]3C(=O)N(Cc4ccccc4)C(=O)[C@@H]3ON2c2ccc(Cl)cc2)ccc1O. The van der Waals surface area contributed by atoms with E-state index >= 15 is 0 Å². The van der Waals surface area contributed by atoms with E-state index in [4.69, 9.17) is 21.2 Å². The first kappa shape index (κ1) is 21.3. The van der Waals surface area contributed by atoms with Crippen LogP contribution in [-0.2, 0) is 21.0 Å². The Kier molecular flexibility index (Phi) is 5.44. The average molecular weight is 465 g/mol. The quantitative estimate of drug-likeness (QED) is 0.573. The topological polar surface area (TPSA) is 79.3 Å². The number of amides is 2. The van der Waals surface area contributed by atoms with Crippen LogP contribution in [0.1, 0.15) is 17.2 Å². The normalized spacial score (nSPS) is 22.1. The number of methoxy groups -OCH3 is 1. The van der Waals surface area contributed by atoms with Crippen molar-refractivity contribution in [2.45, 2.75) is 18.7 Å². The second-order valence-corrected chi connectivity index (χ2v) is 8.41. The molecule has 0 aromatic heterocycles. The fourth-order valence-corrected chi connectivity index (χ4v) is 4.55. The summed E-state index contributed by atoms with van der Waals surface area (Å²) in [5.41, 5.74) is 2.19. The predicted molar refractivity (Wildman–Crippen MR) is 122 cm³/mol. The highest BCUT2D eigenvalue weighted by Gasteiger charge is 2.59. The molecule has 2 aliphatic rings. The molecule has 3 atom stereocenters. The number of likely N-dealkylation sites (tertiary alicyclic amines) is 1. The Morgan fingerprint density at radius 3 is 2.42 bits per heavy atom. The molecule has 5 rings (SSSR count). The molecule has 1 N–H and O–H groups in total. The van der Waals surface area contributed by atoms with Crippen molar-refractivity contribution in [1.29, 1.82) is 0 Å². The molecular formula is C25H21ClN2O5. The average Bonchev–Trinajstić information content (AvgIpc) is 3.33. The number of carbonyl (C=O) groups is 2. The van der Waals surface area contributed by atoms with Gasteiger partial charge in [-0.1, -0.05) is 48.0 Å². The molecule has 0 aliphatic carbocycles. The van der Waals surface area contributed by atoms with E-state index in [-0.39, 0.29) is 29.9 Å². The van der Waals surface area contributed by atoms with Gasteiger partial charge < -0.3 is 9.84 Å². The van der Waals surface area contributed by atoms with Gasteiger partial charge in [-0.15, -0.1) is 0 Å². The third-order valence-electron chi connectivity index (χ3n) is 6.02. The molecule has 2 fully saturated rings. The highest BCUT2D eigenvalue weighted by Crippen LogP contribution is 2.48. The fourth-order valence-electron chi connectivity index (χ4n) is 4.42. The minimum atomic E-state index is -0.957. The highest BCUT2D eigenvalue weighted by molar-refractivity contribution is 6.30. The van der Waals surface area contributed by atoms with Gasteiger partial charge in [0.25, 0.3) is 5.91 Å². The van der Waals surface area contributed by atoms with Crippen LogP contribution in [0.25, 0.3) is 0 Å². The molecule has 2 heterocycles. The number of nitrogens with zero attached hydrogens (tertiary/aromatic N) is 2. The van der Waals surface area contributed by atoms with E-state index in [0.29, 0.717) is 16.3 Å². The molecular weight excluding hydrogens is 444 g/mol. The van der Waals surface area contributed by atoms with Gasteiger partial charge in [0.2, 0.25) is 5.91 Å². The maximum Gasteiger partial charge on any atom is 0.262 e. The monoisotopic (exact) mass is 464 g/mol. The third kappa shape index (κ3) is 3.69. The van der Waals surface area contributed by atoms with Crippen LogP contribution in [0.5, 0.6) is 11.5 Å². The molecule has 33 heavy (non-hydrogen) atoms. The maximum atomic E-state index is 13.5. The van der Waals surface area contributed by atoms with E-state index in [0.717, 1.165) is 5.56 Å². The summed E-state index contributed by atoms with van der Waals surface area (Å²) in [6.45, 7) is 0.182. The van der Waals surface area contributed by atoms with Crippen LogP contribution in [0, 0.1) is 5.92 Å². The number of rotatable bonds is 5. The molecule has 3 aromatic rings. The second-order valence-electron chi connectivity index (χ2n) is 7.98. The lowest BCUT2D eigenvalue weighted by molar-refractivity contribution is -0.143. The number of halogens is 1. The summed E-state index contributed by atoms with van der Waals surface area (Å²) in [7, 11) is 1.45. The van der Waals surface area contributed by atoms with E-state index < -0.39 is 18.1 Å².